The molecule has 1 saturated heterocycles. The third kappa shape index (κ3) is 3.67. The second-order valence-corrected chi connectivity index (χ2v) is 4.94. The monoisotopic (exact) mass is 264 g/mol. The van der Waals surface area contributed by atoms with E-state index in [1.165, 1.54) is 0 Å². The van der Waals surface area contributed by atoms with Gasteiger partial charge in [-0.2, -0.15) is 0 Å². The number of aryl methyl sites for hydroxylation is 1. The number of nitro benzene ring substituents is 1. The molecule has 2 rings (SSSR count). The fourth-order valence-corrected chi connectivity index (χ4v) is 2.32. The number of rotatable bonds is 5. The average Bonchev–Trinajstić information content (AvgIpc) is 2.46. The molecule has 5 heteroatoms. The summed E-state index contributed by atoms with van der Waals surface area (Å²) in [6, 6.07) is 5.21. The highest BCUT2D eigenvalue weighted by Gasteiger charge is 2.18. The lowest BCUT2D eigenvalue weighted by Gasteiger charge is -2.22. The maximum Gasteiger partial charge on any atom is 0.311 e. The lowest BCUT2D eigenvalue weighted by molar-refractivity contribution is -0.386. The van der Waals surface area contributed by atoms with E-state index in [0.29, 0.717) is 18.3 Å². The number of nitrogens with one attached hydrogen (secondary N) is 1. The molecule has 0 spiro atoms. The predicted molar refractivity (Wildman–Crippen MR) is 73.6 cm³/mol. The third-order valence-corrected chi connectivity index (χ3v) is 3.50. The van der Waals surface area contributed by atoms with Crippen molar-refractivity contribution >= 4 is 5.69 Å². The molecule has 1 aromatic carbocycles. The van der Waals surface area contributed by atoms with E-state index in [1.807, 2.05) is 13.0 Å². The second kappa shape index (κ2) is 6.52. The molecule has 0 amide bonds. The first-order valence-electron chi connectivity index (χ1n) is 6.81. The lowest BCUT2D eigenvalue weighted by Crippen LogP contribution is -2.33. The van der Waals surface area contributed by atoms with Crippen molar-refractivity contribution < 1.29 is 9.66 Å². The zero-order valence-electron chi connectivity index (χ0n) is 11.2. The minimum Gasteiger partial charge on any atom is -0.486 e. The Hall–Kier alpha value is -1.62. The van der Waals surface area contributed by atoms with Crippen molar-refractivity contribution in [2.24, 2.45) is 5.92 Å². The smallest absolute Gasteiger partial charge is 0.311 e. The molecule has 104 valence electrons. The van der Waals surface area contributed by atoms with Crippen LogP contribution in [0.15, 0.2) is 18.2 Å². The minimum absolute atomic E-state index is 0.0723. The molecule has 1 aliphatic heterocycles. The standard InChI is InChI=1S/C14H20N2O3/c1-2-11-5-6-14(13(8-11)16(17)18)19-10-12-4-3-7-15-9-12/h5-6,8,12,15H,2-4,7,9-10H2,1H3. The quantitative estimate of drug-likeness (QED) is 0.655. The van der Waals surface area contributed by atoms with E-state index < -0.39 is 0 Å². The molecule has 1 unspecified atom stereocenters. The van der Waals surface area contributed by atoms with Gasteiger partial charge in [-0.05, 0) is 37.4 Å². The maximum absolute atomic E-state index is 11.1. The molecule has 0 aromatic heterocycles. The van der Waals surface area contributed by atoms with Gasteiger partial charge in [-0.3, -0.25) is 10.1 Å². The van der Waals surface area contributed by atoms with E-state index in [1.54, 1.807) is 12.1 Å². The van der Waals surface area contributed by atoms with Crippen LogP contribution in [0.2, 0.25) is 0 Å². The predicted octanol–water partition coefficient (Wildman–Crippen LogP) is 2.54. The number of nitrogens with zero attached hydrogens (tertiary/aromatic N) is 1. The van der Waals surface area contributed by atoms with Crippen LogP contribution in [-0.4, -0.2) is 24.6 Å². The normalized spacial score (nSPS) is 19.1. The van der Waals surface area contributed by atoms with Gasteiger partial charge in [-0.1, -0.05) is 13.0 Å². The van der Waals surface area contributed by atoms with E-state index in [9.17, 15) is 10.1 Å². The number of hydrogen-bond donors (Lipinski definition) is 1. The zero-order chi connectivity index (χ0) is 13.7. The van der Waals surface area contributed by atoms with Gasteiger partial charge in [0.05, 0.1) is 11.5 Å². The van der Waals surface area contributed by atoms with Crippen LogP contribution in [0, 0.1) is 16.0 Å². The molecule has 0 radical (unpaired) electrons. The van der Waals surface area contributed by atoms with Crippen molar-refractivity contribution in [2.45, 2.75) is 26.2 Å². The first-order valence-corrected chi connectivity index (χ1v) is 6.81. The Labute approximate surface area is 113 Å². The summed E-state index contributed by atoms with van der Waals surface area (Å²) in [7, 11) is 0. The minimum atomic E-state index is -0.367. The Balaban J connectivity index is 2.04. The highest BCUT2D eigenvalue weighted by molar-refractivity contribution is 5.48. The summed E-state index contributed by atoms with van der Waals surface area (Å²) in [5.41, 5.74) is 1.03. The molecule has 19 heavy (non-hydrogen) atoms. The zero-order valence-corrected chi connectivity index (χ0v) is 11.2. The van der Waals surface area contributed by atoms with E-state index in [2.05, 4.69) is 5.32 Å². The maximum atomic E-state index is 11.1. The van der Waals surface area contributed by atoms with Crippen molar-refractivity contribution in [3.63, 3.8) is 0 Å². The van der Waals surface area contributed by atoms with Crippen LogP contribution in [0.3, 0.4) is 0 Å². The number of nitro groups is 1. The fraction of sp³-hybridized carbons (Fsp3) is 0.571. The summed E-state index contributed by atoms with van der Waals surface area (Å²) in [4.78, 5) is 10.7. The molecule has 5 nitrogen and oxygen atoms in total. The Morgan fingerprint density at radius 2 is 2.37 bits per heavy atom. The lowest BCUT2D eigenvalue weighted by atomic mass is 10.0. The molecule has 1 heterocycles. The van der Waals surface area contributed by atoms with Crippen molar-refractivity contribution in [3.8, 4) is 5.75 Å². The van der Waals surface area contributed by atoms with Gasteiger partial charge in [-0.25, -0.2) is 0 Å². The fourth-order valence-electron chi connectivity index (χ4n) is 2.32. The van der Waals surface area contributed by atoms with Gasteiger partial charge < -0.3 is 10.1 Å². The van der Waals surface area contributed by atoms with E-state index in [4.69, 9.17) is 4.74 Å². The Bertz CT molecular complexity index is 442. The third-order valence-electron chi connectivity index (χ3n) is 3.50. The molecule has 1 atom stereocenters. The number of hydrogen-bond acceptors (Lipinski definition) is 4. The van der Waals surface area contributed by atoms with Crippen LogP contribution in [0.5, 0.6) is 5.75 Å². The summed E-state index contributed by atoms with van der Waals surface area (Å²) in [6.07, 6.45) is 3.05. The van der Waals surface area contributed by atoms with Crippen molar-refractivity contribution in [1.29, 1.82) is 0 Å². The van der Waals surface area contributed by atoms with Crippen LogP contribution in [-0.2, 0) is 6.42 Å². The Morgan fingerprint density at radius 1 is 1.53 bits per heavy atom. The van der Waals surface area contributed by atoms with Gasteiger partial charge in [0.2, 0.25) is 0 Å². The van der Waals surface area contributed by atoms with Crippen LogP contribution in [0.4, 0.5) is 5.69 Å². The van der Waals surface area contributed by atoms with Gasteiger partial charge in [0.25, 0.3) is 0 Å². The molecular weight excluding hydrogens is 244 g/mol. The second-order valence-electron chi connectivity index (χ2n) is 4.94. The summed E-state index contributed by atoms with van der Waals surface area (Å²) < 4.78 is 5.66. The molecule has 1 aromatic rings. The first kappa shape index (κ1) is 13.8. The van der Waals surface area contributed by atoms with Crippen molar-refractivity contribution in [2.75, 3.05) is 19.7 Å². The topological polar surface area (TPSA) is 64.4 Å². The highest BCUT2D eigenvalue weighted by atomic mass is 16.6. The van der Waals surface area contributed by atoms with Gasteiger partial charge >= 0.3 is 5.69 Å². The molecule has 0 saturated carbocycles. The molecule has 0 bridgehead atoms. The average molecular weight is 264 g/mol. The van der Waals surface area contributed by atoms with Gasteiger partial charge in [0, 0.05) is 18.5 Å². The van der Waals surface area contributed by atoms with Crippen molar-refractivity contribution in [3.05, 3.63) is 33.9 Å². The number of benzene rings is 1. The van der Waals surface area contributed by atoms with Gasteiger partial charge in [-0.15, -0.1) is 0 Å². The Kier molecular flexibility index (Phi) is 4.74. The van der Waals surface area contributed by atoms with Crippen LogP contribution >= 0.6 is 0 Å². The summed E-state index contributed by atoms with van der Waals surface area (Å²) >= 11 is 0. The van der Waals surface area contributed by atoms with Crippen LogP contribution in [0.1, 0.15) is 25.3 Å². The molecule has 1 N–H and O–H groups in total. The van der Waals surface area contributed by atoms with Crippen LogP contribution in [0.25, 0.3) is 0 Å². The summed E-state index contributed by atoms with van der Waals surface area (Å²) in [5, 5.41) is 14.4. The van der Waals surface area contributed by atoms with Gasteiger partial charge in [0.1, 0.15) is 0 Å². The van der Waals surface area contributed by atoms with E-state index in [-0.39, 0.29) is 10.6 Å². The van der Waals surface area contributed by atoms with E-state index >= 15 is 0 Å². The van der Waals surface area contributed by atoms with Crippen LogP contribution < -0.4 is 10.1 Å². The SMILES string of the molecule is CCc1ccc(OCC2CCCNC2)c([N+](=O)[O-])c1. The summed E-state index contributed by atoms with van der Waals surface area (Å²) in [6.45, 7) is 4.51. The molecule has 0 aliphatic carbocycles. The molecule has 1 aliphatic rings. The highest BCUT2D eigenvalue weighted by Crippen LogP contribution is 2.29. The Morgan fingerprint density at radius 3 is 3.00 bits per heavy atom. The molecule has 1 fully saturated rings. The summed E-state index contributed by atoms with van der Waals surface area (Å²) in [5.74, 6) is 0.826. The number of piperidine rings is 1. The van der Waals surface area contributed by atoms with Gasteiger partial charge in [0.15, 0.2) is 5.75 Å². The van der Waals surface area contributed by atoms with Crippen molar-refractivity contribution in [1.82, 2.24) is 5.32 Å². The number of ether oxygens (including phenoxy) is 1. The largest absolute Gasteiger partial charge is 0.486 e. The molecular formula is C14H20N2O3. The van der Waals surface area contributed by atoms with E-state index in [0.717, 1.165) is 37.9 Å². The first-order chi connectivity index (χ1) is 9.20.